The lowest BCUT2D eigenvalue weighted by Gasteiger charge is -2.07. The molecule has 3 amide bonds. The maximum Gasteiger partial charge on any atom is 0.374 e. The lowest BCUT2D eigenvalue weighted by molar-refractivity contribution is -0.123. The largest absolute Gasteiger partial charge is 0.452 e. The van der Waals surface area contributed by atoms with Gasteiger partial charge in [0.1, 0.15) is 5.76 Å². The molecular formula is C19H18N4O5. The number of esters is 1. The van der Waals surface area contributed by atoms with Gasteiger partial charge in [-0.25, -0.2) is 9.59 Å². The van der Waals surface area contributed by atoms with Crippen LogP contribution in [0.1, 0.15) is 21.9 Å². The quantitative estimate of drug-likeness (QED) is 0.601. The molecule has 0 aliphatic carbocycles. The normalized spacial score (nSPS) is 10.3. The number of amides is 3. The van der Waals surface area contributed by atoms with Crippen molar-refractivity contribution in [3.8, 4) is 0 Å². The minimum atomic E-state index is -0.799. The average molecular weight is 382 g/mol. The molecule has 0 saturated carbocycles. The van der Waals surface area contributed by atoms with Gasteiger partial charge in [0.15, 0.2) is 6.61 Å². The van der Waals surface area contributed by atoms with Crippen molar-refractivity contribution < 1.29 is 23.5 Å². The number of nitrogens with one attached hydrogen (secondary N) is 2. The van der Waals surface area contributed by atoms with E-state index in [9.17, 15) is 14.4 Å². The number of hydrogen-bond acceptors (Lipinski definition) is 6. The third-order valence-electron chi connectivity index (χ3n) is 3.62. The highest BCUT2D eigenvalue weighted by atomic mass is 16.5. The Hall–Kier alpha value is -3.88. The number of carbonyl (C=O) groups is 3. The molecule has 0 aliphatic rings. The Morgan fingerprint density at radius 2 is 1.89 bits per heavy atom. The SMILES string of the molecule is O=C(COC(=O)c1ccc(Cn2cccn2)o1)NC(=O)NCc1ccccc1. The van der Waals surface area contributed by atoms with Gasteiger partial charge in [0.2, 0.25) is 5.76 Å². The highest BCUT2D eigenvalue weighted by Gasteiger charge is 2.16. The van der Waals surface area contributed by atoms with E-state index in [0.29, 0.717) is 12.3 Å². The fourth-order valence-corrected chi connectivity index (χ4v) is 2.31. The first-order valence-corrected chi connectivity index (χ1v) is 8.45. The van der Waals surface area contributed by atoms with Crippen molar-refractivity contribution in [2.45, 2.75) is 13.1 Å². The number of imide groups is 1. The molecule has 3 rings (SSSR count). The lowest BCUT2D eigenvalue weighted by Crippen LogP contribution is -2.41. The summed E-state index contributed by atoms with van der Waals surface area (Å²) in [7, 11) is 0. The molecule has 9 nitrogen and oxygen atoms in total. The lowest BCUT2D eigenvalue weighted by atomic mass is 10.2. The molecule has 0 spiro atoms. The van der Waals surface area contributed by atoms with E-state index in [-0.39, 0.29) is 12.3 Å². The molecule has 1 aromatic carbocycles. The van der Waals surface area contributed by atoms with Gasteiger partial charge >= 0.3 is 12.0 Å². The Kier molecular flexibility index (Phi) is 6.19. The molecule has 0 bridgehead atoms. The Morgan fingerprint density at radius 1 is 1.07 bits per heavy atom. The first-order chi connectivity index (χ1) is 13.6. The smallest absolute Gasteiger partial charge is 0.374 e. The Labute approximate surface area is 160 Å². The highest BCUT2D eigenvalue weighted by molar-refractivity contribution is 5.96. The molecule has 28 heavy (non-hydrogen) atoms. The monoisotopic (exact) mass is 382 g/mol. The Bertz CT molecular complexity index is 934. The summed E-state index contributed by atoms with van der Waals surface area (Å²) in [6.45, 7) is 0.0281. The average Bonchev–Trinajstić information content (AvgIpc) is 3.38. The van der Waals surface area contributed by atoms with Crippen LogP contribution in [-0.4, -0.2) is 34.3 Å². The standard InChI is InChI=1S/C19H18N4O5/c24-17(22-19(26)20-11-14-5-2-1-3-6-14)13-27-18(25)16-8-7-15(28-16)12-23-10-4-9-21-23/h1-10H,11-13H2,(H2,20,22,24,26). The van der Waals surface area contributed by atoms with Gasteiger partial charge in [-0.2, -0.15) is 5.10 Å². The molecule has 2 N–H and O–H groups in total. The van der Waals surface area contributed by atoms with Gasteiger partial charge < -0.3 is 14.5 Å². The van der Waals surface area contributed by atoms with Crippen molar-refractivity contribution in [1.82, 2.24) is 20.4 Å². The van der Waals surface area contributed by atoms with E-state index >= 15 is 0 Å². The first kappa shape index (κ1) is 18.9. The molecule has 144 valence electrons. The number of urea groups is 1. The number of carbonyl (C=O) groups excluding carboxylic acids is 3. The van der Waals surface area contributed by atoms with Crippen molar-refractivity contribution in [2.75, 3.05) is 6.61 Å². The summed E-state index contributed by atoms with van der Waals surface area (Å²) < 4.78 is 11.9. The minimum Gasteiger partial charge on any atom is -0.452 e. The number of aromatic nitrogens is 2. The summed E-state index contributed by atoms with van der Waals surface area (Å²) >= 11 is 0. The number of furan rings is 1. The van der Waals surface area contributed by atoms with Crippen LogP contribution >= 0.6 is 0 Å². The molecule has 2 heterocycles. The van der Waals surface area contributed by atoms with Crippen LogP contribution < -0.4 is 10.6 Å². The third kappa shape index (κ3) is 5.56. The van der Waals surface area contributed by atoms with Gasteiger partial charge in [0, 0.05) is 18.9 Å². The Balaban J connectivity index is 1.39. The van der Waals surface area contributed by atoms with E-state index in [1.165, 1.54) is 6.07 Å². The van der Waals surface area contributed by atoms with E-state index < -0.39 is 24.5 Å². The molecule has 0 unspecified atom stereocenters. The van der Waals surface area contributed by atoms with Crippen molar-refractivity contribution in [3.63, 3.8) is 0 Å². The second-order valence-corrected chi connectivity index (χ2v) is 5.76. The van der Waals surface area contributed by atoms with Gasteiger partial charge in [-0.1, -0.05) is 30.3 Å². The van der Waals surface area contributed by atoms with E-state index in [4.69, 9.17) is 9.15 Å². The number of ether oxygens (including phenoxy) is 1. The van der Waals surface area contributed by atoms with Gasteiger partial charge in [0.05, 0.1) is 6.54 Å². The molecule has 9 heteroatoms. The maximum absolute atomic E-state index is 11.9. The zero-order valence-electron chi connectivity index (χ0n) is 14.8. The van der Waals surface area contributed by atoms with Crippen LogP contribution in [0.2, 0.25) is 0 Å². The molecule has 0 saturated heterocycles. The number of hydrogen-bond donors (Lipinski definition) is 2. The van der Waals surface area contributed by atoms with Crippen molar-refractivity contribution >= 4 is 17.9 Å². The fourth-order valence-electron chi connectivity index (χ4n) is 2.31. The van der Waals surface area contributed by atoms with Crippen molar-refractivity contribution in [1.29, 1.82) is 0 Å². The summed E-state index contributed by atoms with van der Waals surface area (Å²) in [5.41, 5.74) is 0.889. The minimum absolute atomic E-state index is 0.0384. The molecule has 0 aliphatic heterocycles. The van der Waals surface area contributed by atoms with E-state index in [1.54, 1.807) is 29.2 Å². The molecule has 3 aromatic rings. The summed E-state index contributed by atoms with van der Waals surface area (Å²) in [5.74, 6) is -1.07. The predicted octanol–water partition coefficient (Wildman–Crippen LogP) is 1.71. The van der Waals surface area contributed by atoms with Crippen molar-refractivity contribution in [2.24, 2.45) is 0 Å². The van der Waals surface area contributed by atoms with Crippen LogP contribution in [0, 0.1) is 0 Å². The zero-order valence-corrected chi connectivity index (χ0v) is 14.8. The van der Waals surface area contributed by atoms with Crippen LogP contribution in [-0.2, 0) is 22.6 Å². The zero-order chi connectivity index (χ0) is 19.8. The van der Waals surface area contributed by atoms with Crippen LogP contribution in [0.15, 0.2) is 65.3 Å². The van der Waals surface area contributed by atoms with Crippen LogP contribution in [0.25, 0.3) is 0 Å². The summed E-state index contributed by atoms with van der Waals surface area (Å²) in [6.07, 6.45) is 3.39. The topological polar surface area (TPSA) is 115 Å². The third-order valence-corrected chi connectivity index (χ3v) is 3.62. The second-order valence-electron chi connectivity index (χ2n) is 5.76. The van der Waals surface area contributed by atoms with Gasteiger partial charge in [-0.05, 0) is 23.8 Å². The number of nitrogens with zero attached hydrogens (tertiary/aromatic N) is 2. The van der Waals surface area contributed by atoms with Gasteiger partial charge in [-0.15, -0.1) is 0 Å². The van der Waals surface area contributed by atoms with Crippen LogP contribution in [0.5, 0.6) is 0 Å². The Morgan fingerprint density at radius 3 is 2.64 bits per heavy atom. The van der Waals surface area contributed by atoms with E-state index in [1.807, 2.05) is 30.3 Å². The van der Waals surface area contributed by atoms with E-state index in [2.05, 4.69) is 15.7 Å². The molecular weight excluding hydrogens is 364 g/mol. The van der Waals surface area contributed by atoms with E-state index in [0.717, 1.165) is 5.56 Å². The van der Waals surface area contributed by atoms with Gasteiger partial charge in [-0.3, -0.25) is 14.8 Å². The molecule has 2 aromatic heterocycles. The van der Waals surface area contributed by atoms with Crippen molar-refractivity contribution in [3.05, 3.63) is 78.0 Å². The predicted molar refractivity (Wildman–Crippen MR) is 97.1 cm³/mol. The molecule has 0 radical (unpaired) electrons. The van der Waals surface area contributed by atoms with Crippen LogP contribution in [0.3, 0.4) is 0 Å². The fraction of sp³-hybridized carbons (Fsp3) is 0.158. The highest BCUT2D eigenvalue weighted by Crippen LogP contribution is 2.10. The van der Waals surface area contributed by atoms with Gasteiger partial charge in [0.25, 0.3) is 5.91 Å². The maximum atomic E-state index is 11.9. The summed E-state index contributed by atoms with van der Waals surface area (Å²) in [4.78, 5) is 35.4. The molecule has 0 fully saturated rings. The summed E-state index contributed by atoms with van der Waals surface area (Å²) in [6, 6.07) is 13.4. The number of rotatable bonds is 7. The summed E-state index contributed by atoms with van der Waals surface area (Å²) in [5, 5.41) is 8.66. The second kappa shape index (κ2) is 9.17. The first-order valence-electron chi connectivity index (χ1n) is 8.45. The number of benzene rings is 1. The molecule has 0 atom stereocenters. The van der Waals surface area contributed by atoms with Crippen LogP contribution in [0.4, 0.5) is 4.79 Å².